The fraction of sp³-hybridized carbons (Fsp3) is 0.200. The molecule has 4 aromatic rings. The van der Waals surface area contributed by atoms with E-state index in [9.17, 15) is 4.79 Å². The molecule has 1 fully saturated rings. The summed E-state index contributed by atoms with van der Waals surface area (Å²) in [6, 6.07) is 29.2. The van der Waals surface area contributed by atoms with E-state index < -0.39 is 0 Å². The first kappa shape index (κ1) is 22.2. The van der Waals surface area contributed by atoms with Crippen molar-refractivity contribution in [2.75, 3.05) is 44.2 Å². The van der Waals surface area contributed by atoms with E-state index in [-0.39, 0.29) is 5.91 Å². The second kappa shape index (κ2) is 9.74. The average molecular weight is 477 g/mol. The van der Waals surface area contributed by atoms with E-state index in [1.165, 1.54) is 11.1 Å². The Morgan fingerprint density at radius 3 is 2.19 bits per heavy atom. The van der Waals surface area contributed by atoms with Crippen LogP contribution in [0, 0.1) is 0 Å². The van der Waals surface area contributed by atoms with Gasteiger partial charge in [0.25, 0.3) is 6.01 Å². The number of anilines is 1. The van der Waals surface area contributed by atoms with Crippen LogP contribution in [0.15, 0.2) is 101 Å². The van der Waals surface area contributed by atoms with Crippen LogP contribution in [0.25, 0.3) is 22.4 Å². The number of amides is 1. The fourth-order valence-corrected chi connectivity index (χ4v) is 4.87. The number of piperazine rings is 1. The molecule has 6 heteroatoms. The first-order valence-electron chi connectivity index (χ1n) is 12.4. The second-order valence-corrected chi connectivity index (χ2v) is 9.13. The van der Waals surface area contributed by atoms with E-state index in [4.69, 9.17) is 4.42 Å². The van der Waals surface area contributed by atoms with Gasteiger partial charge in [0.1, 0.15) is 5.52 Å². The summed E-state index contributed by atoms with van der Waals surface area (Å²) in [6.07, 6.45) is 4.41. The third kappa shape index (κ3) is 4.50. The molecule has 6 nitrogen and oxygen atoms in total. The van der Waals surface area contributed by atoms with Crippen LogP contribution in [0.3, 0.4) is 0 Å². The molecule has 2 aliphatic rings. The van der Waals surface area contributed by atoms with Crippen molar-refractivity contribution in [1.82, 2.24) is 14.8 Å². The molecule has 6 rings (SSSR count). The van der Waals surface area contributed by atoms with Gasteiger partial charge in [-0.1, -0.05) is 78.9 Å². The molecule has 1 amide bonds. The van der Waals surface area contributed by atoms with Gasteiger partial charge >= 0.3 is 0 Å². The molecule has 2 aliphatic heterocycles. The Balaban J connectivity index is 1.14. The van der Waals surface area contributed by atoms with Gasteiger partial charge in [0, 0.05) is 38.4 Å². The maximum absolute atomic E-state index is 13.4. The SMILES string of the molecule is O=C(CN1CC=C(c2ccccc2)C=C1c1ccccc1)N1CCN(c2nc3ccccc3o2)CC1. The molecule has 1 aromatic heterocycles. The van der Waals surface area contributed by atoms with Crippen LogP contribution >= 0.6 is 0 Å². The molecule has 0 N–H and O–H groups in total. The van der Waals surface area contributed by atoms with Crippen LogP contribution in [0.4, 0.5) is 6.01 Å². The number of allylic oxidation sites excluding steroid dienone is 2. The van der Waals surface area contributed by atoms with Gasteiger partial charge in [0.2, 0.25) is 5.91 Å². The first-order valence-corrected chi connectivity index (χ1v) is 12.4. The molecule has 0 unspecified atom stereocenters. The number of carbonyl (C=O) groups excluding carboxylic acids is 1. The Hall–Kier alpha value is -4.32. The average Bonchev–Trinajstić information content (AvgIpc) is 3.39. The quantitative estimate of drug-likeness (QED) is 0.409. The number of fused-ring (bicyclic) bond motifs is 1. The summed E-state index contributed by atoms with van der Waals surface area (Å²) in [7, 11) is 0. The summed E-state index contributed by atoms with van der Waals surface area (Å²) in [5.41, 5.74) is 6.22. The van der Waals surface area contributed by atoms with Crippen molar-refractivity contribution in [3.8, 4) is 0 Å². The standard InChI is InChI=1S/C30H28N4O2/c35-29(32-17-19-33(20-18-32)30-31-26-13-7-8-14-28(26)36-30)22-34-16-15-25(23-9-3-1-4-10-23)21-27(34)24-11-5-2-6-12-24/h1-15,21H,16-20,22H2. The number of hydrogen-bond acceptors (Lipinski definition) is 5. The third-order valence-electron chi connectivity index (χ3n) is 6.85. The minimum Gasteiger partial charge on any atom is -0.423 e. The fourth-order valence-electron chi connectivity index (χ4n) is 4.87. The maximum atomic E-state index is 13.4. The highest BCUT2D eigenvalue weighted by molar-refractivity contribution is 5.87. The number of hydrogen-bond donors (Lipinski definition) is 0. The Labute approximate surface area is 210 Å². The Morgan fingerprint density at radius 2 is 1.47 bits per heavy atom. The summed E-state index contributed by atoms with van der Waals surface area (Å²) >= 11 is 0. The van der Waals surface area contributed by atoms with E-state index in [1.807, 2.05) is 53.4 Å². The van der Waals surface area contributed by atoms with Gasteiger partial charge in [-0.25, -0.2) is 0 Å². The number of aromatic nitrogens is 1. The topological polar surface area (TPSA) is 52.8 Å². The van der Waals surface area contributed by atoms with Gasteiger partial charge in [-0.05, 0) is 34.9 Å². The summed E-state index contributed by atoms with van der Waals surface area (Å²) < 4.78 is 5.92. The Morgan fingerprint density at radius 1 is 0.806 bits per heavy atom. The molecule has 0 bridgehead atoms. The lowest BCUT2D eigenvalue weighted by Crippen LogP contribution is -2.51. The summed E-state index contributed by atoms with van der Waals surface area (Å²) in [5.74, 6) is 0.144. The van der Waals surface area contributed by atoms with Crippen molar-refractivity contribution in [1.29, 1.82) is 0 Å². The highest BCUT2D eigenvalue weighted by atomic mass is 16.4. The zero-order valence-corrected chi connectivity index (χ0v) is 20.1. The lowest BCUT2D eigenvalue weighted by atomic mass is 9.98. The van der Waals surface area contributed by atoms with Crippen LogP contribution in [0.1, 0.15) is 11.1 Å². The van der Waals surface area contributed by atoms with E-state index >= 15 is 0 Å². The number of nitrogens with zero attached hydrogens (tertiary/aromatic N) is 4. The smallest absolute Gasteiger partial charge is 0.298 e. The van der Waals surface area contributed by atoms with E-state index in [0.717, 1.165) is 22.4 Å². The van der Waals surface area contributed by atoms with E-state index in [0.29, 0.717) is 45.3 Å². The number of rotatable bonds is 5. The van der Waals surface area contributed by atoms with E-state index in [1.54, 1.807) is 0 Å². The van der Waals surface area contributed by atoms with Gasteiger partial charge in [0.05, 0.1) is 6.54 Å². The molecule has 0 aliphatic carbocycles. The molecular weight excluding hydrogens is 448 g/mol. The van der Waals surface area contributed by atoms with Crippen LogP contribution in [-0.4, -0.2) is 60.0 Å². The molecule has 0 spiro atoms. The van der Waals surface area contributed by atoms with Crippen LogP contribution < -0.4 is 4.90 Å². The number of benzene rings is 3. The molecule has 36 heavy (non-hydrogen) atoms. The molecule has 3 heterocycles. The zero-order chi connectivity index (χ0) is 24.3. The Bertz CT molecular complexity index is 1380. The third-order valence-corrected chi connectivity index (χ3v) is 6.85. The normalized spacial score (nSPS) is 16.2. The Kier molecular flexibility index (Phi) is 6.00. The monoisotopic (exact) mass is 476 g/mol. The van der Waals surface area contributed by atoms with Crippen molar-refractivity contribution in [3.05, 3.63) is 108 Å². The predicted octanol–water partition coefficient (Wildman–Crippen LogP) is 4.92. The summed E-state index contributed by atoms with van der Waals surface area (Å²) in [4.78, 5) is 24.2. The van der Waals surface area contributed by atoms with Crippen LogP contribution in [0.5, 0.6) is 0 Å². The minimum atomic E-state index is 0.144. The van der Waals surface area contributed by atoms with Crippen molar-refractivity contribution in [2.45, 2.75) is 0 Å². The first-order chi connectivity index (χ1) is 17.7. The van der Waals surface area contributed by atoms with Crippen molar-refractivity contribution in [3.63, 3.8) is 0 Å². The summed E-state index contributed by atoms with van der Waals surface area (Å²) in [5, 5.41) is 0. The predicted molar refractivity (Wildman–Crippen MR) is 143 cm³/mol. The molecule has 180 valence electrons. The molecule has 0 saturated carbocycles. The van der Waals surface area contributed by atoms with Gasteiger partial charge in [-0.2, -0.15) is 4.98 Å². The minimum absolute atomic E-state index is 0.144. The number of oxazole rings is 1. The maximum Gasteiger partial charge on any atom is 0.298 e. The lowest BCUT2D eigenvalue weighted by Gasteiger charge is -2.36. The highest BCUT2D eigenvalue weighted by Gasteiger charge is 2.26. The molecule has 0 radical (unpaired) electrons. The van der Waals surface area contributed by atoms with Gasteiger partial charge in [-0.15, -0.1) is 0 Å². The molecule has 1 saturated heterocycles. The van der Waals surface area contributed by atoms with Crippen molar-refractivity contribution in [2.24, 2.45) is 0 Å². The lowest BCUT2D eigenvalue weighted by molar-refractivity contribution is -0.131. The van der Waals surface area contributed by atoms with Crippen molar-refractivity contribution >= 4 is 34.3 Å². The molecule has 0 atom stereocenters. The largest absolute Gasteiger partial charge is 0.423 e. The zero-order valence-electron chi connectivity index (χ0n) is 20.1. The molecular formula is C30H28N4O2. The van der Waals surface area contributed by atoms with E-state index in [2.05, 4.69) is 63.3 Å². The number of para-hydroxylation sites is 2. The number of carbonyl (C=O) groups is 1. The highest BCUT2D eigenvalue weighted by Crippen LogP contribution is 2.30. The van der Waals surface area contributed by atoms with Gasteiger partial charge < -0.3 is 19.1 Å². The summed E-state index contributed by atoms with van der Waals surface area (Å²) in [6.45, 7) is 3.76. The van der Waals surface area contributed by atoms with Crippen LogP contribution in [-0.2, 0) is 4.79 Å². The second-order valence-electron chi connectivity index (χ2n) is 9.13. The molecule has 3 aromatic carbocycles. The van der Waals surface area contributed by atoms with Crippen molar-refractivity contribution < 1.29 is 9.21 Å². The van der Waals surface area contributed by atoms with Gasteiger partial charge in [-0.3, -0.25) is 4.79 Å². The van der Waals surface area contributed by atoms with Gasteiger partial charge in [0.15, 0.2) is 5.58 Å². The van der Waals surface area contributed by atoms with Crippen LogP contribution in [0.2, 0.25) is 0 Å².